The number of aryl methyl sites for hydroxylation is 1. The Morgan fingerprint density at radius 3 is 2.38 bits per heavy atom. The van der Waals surface area contributed by atoms with Gasteiger partial charge in [-0.15, -0.1) is 0 Å². The summed E-state index contributed by atoms with van der Waals surface area (Å²) in [4.78, 5) is 27.4. The van der Waals surface area contributed by atoms with Crippen LogP contribution in [0.4, 0.5) is 4.39 Å². The maximum Gasteiger partial charge on any atom is 0.332 e. The van der Waals surface area contributed by atoms with Gasteiger partial charge in [-0.05, 0) is 41.5 Å². The Bertz CT molecular complexity index is 1670. The molecule has 0 saturated carbocycles. The number of hydrogen-bond acceptors (Lipinski definition) is 3. The molecule has 0 aliphatic rings. The molecular formula is C26H21ClFN3O3. The van der Waals surface area contributed by atoms with Crippen molar-refractivity contribution in [3.05, 3.63) is 110 Å². The standard InChI is InChI=1S/C26H21ClFN3O3/c1-29-22-11-10-19(34-2)13-20(22)23-24(29)25(32)31(14-16-6-4-3-5-7-16)26(33)30(23)15-17-8-9-18(28)12-21(17)27/h3-13H,14-15H2,1-2H3. The van der Waals surface area contributed by atoms with Crippen LogP contribution in [0.3, 0.4) is 0 Å². The van der Waals surface area contributed by atoms with Crippen LogP contribution in [0.5, 0.6) is 5.75 Å². The van der Waals surface area contributed by atoms with Gasteiger partial charge in [-0.3, -0.25) is 13.9 Å². The Balaban J connectivity index is 1.86. The van der Waals surface area contributed by atoms with Crippen LogP contribution in [0, 0.1) is 5.82 Å². The second-order valence-corrected chi connectivity index (χ2v) is 8.53. The molecule has 6 nitrogen and oxygen atoms in total. The van der Waals surface area contributed by atoms with E-state index in [-0.39, 0.29) is 23.7 Å². The predicted molar refractivity (Wildman–Crippen MR) is 132 cm³/mol. The maximum atomic E-state index is 13.8. The van der Waals surface area contributed by atoms with E-state index in [9.17, 15) is 14.0 Å². The van der Waals surface area contributed by atoms with Gasteiger partial charge in [0.15, 0.2) is 0 Å². The lowest BCUT2D eigenvalue weighted by molar-refractivity contribution is 0.415. The van der Waals surface area contributed by atoms with Crippen LogP contribution in [0.2, 0.25) is 5.02 Å². The molecule has 0 bridgehead atoms. The minimum absolute atomic E-state index is 0.0693. The molecule has 5 rings (SSSR count). The highest BCUT2D eigenvalue weighted by atomic mass is 35.5. The van der Waals surface area contributed by atoms with Gasteiger partial charge in [0.25, 0.3) is 5.56 Å². The highest BCUT2D eigenvalue weighted by Crippen LogP contribution is 2.30. The first-order chi connectivity index (χ1) is 16.4. The first kappa shape index (κ1) is 22.0. The molecule has 0 unspecified atom stereocenters. The fraction of sp³-hybridized carbons (Fsp3) is 0.154. The van der Waals surface area contributed by atoms with Gasteiger partial charge in [0, 0.05) is 17.5 Å². The second kappa shape index (κ2) is 8.50. The zero-order valence-electron chi connectivity index (χ0n) is 18.6. The first-order valence-corrected chi connectivity index (χ1v) is 11.0. The van der Waals surface area contributed by atoms with E-state index in [1.54, 1.807) is 30.9 Å². The molecule has 0 N–H and O–H groups in total. The number of rotatable bonds is 5. The summed E-state index contributed by atoms with van der Waals surface area (Å²) in [7, 11) is 3.36. The van der Waals surface area contributed by atoms with Crippen molar-refractivity contribution in [3.8, 4) is 5.75 Å². The van der Waals surface area contributed by atoms with Crippen LogP contribution in [-0.2, 0) is 20.1 Å². The molecule has 0 atom stereocenters. The van der Waals surface area contributed by atoms with Gasteiger partial charge >= 0.3 is 5.69 Å². The minimum atomic E-state index is -0.475. The summed E-state index contributed by atoms with van der Waals surface area (Å²) in [5, 5.41) is 0.912. The molecule has 0 aliphatic heterocycles. The Hall–Kier alpha value is -3.84. The smallest absolute Gasteiger partial charge is 0.332 e. The lowest BCUT2D eigenvalue weighted by Crippen LogP contribution is -2.41. The molecule has 0 radical (unpaired) electrons. The molecule has 2 aromatic heterocycles. The zero-order valence-corrected chi connectivity index (χ0v) is 19.3. The molecule has 0 spiro atoms. The predicted octanol–water partition coefficient (Wildman–Crippen LogP) is 4.55. The zero-order chi connectivity index (χ0) is 24.0. The summed E-state index contributed by atoms with van der Waals surface area (Å²) in [5.74, 6) is 0.141. The maximum absolute atomic E-state index is 13.8. The van der Waals surface area contributed by atoms with E-state index in [0.717, 1.165) is 11.1 Å². The van der Waals surface area contributed by atoms with Crippen LogP contribution in [0.1, 0.15) is 11.1 Å². The number of methoxy groups -OCH3 is 1. The second-order valence-electron chi connectivity index (χ2n) is 8.12. The molecule has 0 saturated heterocycles. The van der Waals surface area contributed by atoms with Crippen molar-refractivity contribution < 1.29 is 9.13 Å². The molecule has 34 heavy (non-hydrogen) atoms. The molecular weight excluding hydrogens is 457 g/mol. The quantitative estimate of drug-likeness (QED) is 0.373. The Kier molecular flexibility index (Phi) is 5.49. The molecule has 172 valence electrons. The average Bonchev–Trinajstić information content (AvgIpc) is 3.13. The van der Waals surface area contributed by atoms with E-state index in [4.69, 9.17) is 16.3 Å². The van der Waals surface area contributed by atoms with E-state index >= 15 is 0 Å². The van der Waals surface area contributed by atoms with Gasteiger partial charge in [-0.1, -0.05) is 48.0 Å². The number of hydrogen-bond donors (Lipinski definition) is 0. The van der Waals surface area contributed by atoms with Gasteiger partial charge in [0.1, 0.15) is 17.1 Å². The van der Waals surface area contributed by atoms with Gasteiger partial charge in [0.2, 0.25) is 0 Å². The van der Waals surface area contributed by atoms with Crippen LogP contribution >= 0.6 is 11.6 Å². The number of halogens is 2. The summed E-state index contributed by atoms with van der Waals surface area (Å²) >= 11 is 6.31. The van der Waals surface area contributed by atoms with Crippen molar-refractivity contribution in [2.24, 2.45) is 7.05 Å². The number of ether oxygens (including phenoxy) is 1. The fourth-order valence-electron chi connectivity index (χ4n) is 4.38. The Labute approximate surface area is 199 Å². The lowest BCUT2D eigenvalue weighted by Gasteiger charge is -2.14. The normalized spacial score (nSPS) is 11.4. The third-order valence-electron chi connectivity index (χ3n) is 6.09. The van der Waals surface area contributed by atoms with Gasteiger partial charge < -0.3 is 9.30 Å². The van der Waals surface area contributed by atoms with Crippen LogP contribution in [-0.4, -0.2) is 20.8 Å². The molecule has 8 heteroatoms. The van der Waals surface area contributed by atoms with Crippen molar-refractivity contribution in [1.29, 1.82) is 0 Å². The Morgan fingerprint density at radius 1 is 0.912 bits per heavy atom. The van der Waals surface area contributed by atoms with Crippen molar-refractivity contribution >= 4 is 33.5 Å². The minimum Gasteiger partial charge on any atom is -0.497 e. The lowest BCUT2D eigenvalue weighted by atomic mass is 10.2. The van der Waals surface area contributed by atoms with Gasteiger partial charge in [-0.25, -0.2) is 9.18 Å². The molecule has 0 amide bonds. The number of aromatic nitrogens is 3. The summed E-state index contributed by atoms with van der Waals surface area (Å²) in [6.07, 6.45) is 0. The topological polar surface area (TPSA) is 58.2 Å². The molecule has 0 fully saturated rings. The third-order valence-corrected chi connectivity index (χ3v) is 6.44. The fourth-order valence-corrected chi connectivity index (χ4v) is 4.60. The van der Waals surface area contributed by atoms with E-state index in [1.807, 2.05) is 42.5 Å². The van der Waals surface area contributed by atoms with E-state index in [1.165, 1.54) is 21.3 Å². The third kappa shape index (κ3) is 3.58. The number of benzene rings is 3. The van der Waals surface area contributed by atoms with E-state index in [0.29, 0.717) is 27.7 Å². The highest BCUT2D eigenvalue weighted by Gasteiger charge is 2.21. The van der Waals surface area contributed by atoms with Crippen molar-refractivity contribution in [1.82, 2.24) is 13.7 Å². The Morgan fingerprint density at radius 2 is 1.68 bits per heavy atom. The summed E-state index contributed by atoms with van der Waals surface area (Å²) < 4.78 is 23.6. The SMILES string of the molecule is COc1ccc2c(c1)c1c(c(=O)n(Cc3ccccc3)c(=O)n1Cc1ccc(F)cc1Cl)n2C. The highest BCUT2D eigenvalue weighted by molar-refractivity contribution is 6.31. The summed E-state index contributed by atoms with van der Waals surface area (Å²) in [6.45, 7) is 0.191. The van der Waals surface area contributed by atoms with Crippen molar-refractivity contribution in [2.75, 3.05) is 7.11 Å². The summed E-state index contributed by atoms with van der Waals surface area (Å²) in [5.41, 5.74) is 2.18. The van der Waals surface area contributed by atoms with Gasteiger partial charge in [-0.2, -0.15) is 0 Å². The van der Waals surface area contributed by atoms with Crippen molar-refractivity contribution in [2.45, 2.75) is 13.1 Å². The van der Waals surface area contributed by atoms with Gasteiger partial charge in [0.05, 0.1) is 31.2 Å². The summed E-state index contributed by atoms with van der Waals surface area (Å²) in [6, 6.07) is 18.9. The molecule has 2 heterocycles. The largest absolute Gasteiger partial charge is 0.497 e. The van der Waals surface area contributed by atoms with Crippen molar-refractivity contribution in [3.63, 3.8) is 0 Å². The molecule has 3 aromatic carbocycles. The van der Waals surface area contributed by atoms with Crippen LogP contribution < -0.4 is 16.0 Å². The first-order valence-electron chi connectivity index (χ1n) is 10.7. The number of fused-ring (bicyclic) bond motifs is 3. The van der Waals surface area contributed by atoms with E-state index < -0.39 is 11.5 Å². The van der Waals surface area contributed by atoms with Crippen LogP contribution in [0.25, 0.3) is 21.9 Å². The molecule has 5 aromatic rings. The number of nitrogens with zero attached hydrogens (tertiary/aromatic N) is 3. The monoisotopic (exact) mass is 477 g/mol. The van der Waals surface area contributed by atoms with E-state index in [2.05, 4.69) is 0 Å². The van der Waals surface area contributed by atoms with Crippen LogP contribution in [0.15, 0.2) is 76.3 Å². The average molecular weight is 478 g/mol. The molecule has 0 aliphatic carbocycles.